The number of carbonyl (C=O) groups is 4. The molecule has 1 aliphatic heterocycles. The Morgan fingerprint density at radius 3 is 2.35 bits per heavy atom. The van der Waals surface area contributed by atoms with E-state index < -0.39 is 59.3 Å². The van der Waals surface area contributed by atoms with Crippen LogP contribution in [-0.2, 0) is 25.6 Å². The van der Waals surface area contributed by atoms with Gasteiger partial charge in [0.15, 0.2) is 5.75 Å². The average molecular weight is 793 g/mol. The van der Waals surface area contributed by atoms with Crippen molar-refractivity contribution in [2.45, 2.75) is 38.4 Å². The van der Waals surface area contributed by atoms with Crippen molar-refractivity contribution in [3.8, 4) is 11.6 Å². The number of ether oxygens (including phenoxy) is 5. The number of pyridine rings is 1. The first-order valence-electron chi connectivity index (χ1n) is 16.4. The van der Waals surface area contributed by atoms with Gasteiger partial charge in [-0.05, 0) is 48.0 Å². The standard InChI is InChI=1S/C38H28Cl2FN3O11/c1-21(45)53-29-15-32(42-17-27(29)40)55-37(49)25-9-5-8-24(14-25)34(46)44-35(47)28(41)18-43(38(44)50)33-16-30(51-19-22-6-3-2-4-7-22)31(54-33)20-52-36(48)23-10-12-26(39)13-11-23/h2-15,17-18,30-31,33H,16,19-20H2,1H3/t30-,31+,33+/m0/s1. The van der Waals surface area contributed by atoms with E-state index in [9.17, 15) is 28.8 Å². The lowest BCUT2D eigenvalue weighted by Crippen LogP contribution is -2.46. The van der Waals surface area contributed by atoms with Gasteiger partial charge >= 0.3 is 23.6 Å². The monoisotopic (exact) mass is 791 g/mol. The highest BCUT2D eigenvalue weighted by Gasteiger charge is 2.39. The maximum absolute atomic E-state index is 15.2. The topological polar surface area (TPSA) is 171 Å². The van der Waals surface area contributed by atoms with Crippen LogP contribution >= 0.6 is 23.2 Å². The van der Waals surface area contributed by atoms with Crippen LogP contribution in [0.4, 0.5) is 4.39 Å². The highest BCUT2D eigenvalue weighted by molar-refractivity contribution is 6.32. The number of aromatic nitrogens is 3. The lowest BCUT2D eigenvalue weighted by atomic mass is 10.1. The predicted octanol–water partition coefficient (Wildman–Crippen LogP) is 5.41. The first-order valence-corrected chi connectivity index (χ1v) is 17.1. The van der Waals surface area contributed by atoms with Crippen LogP contribution in [0.5, 0.6) is 11.6 Å². The number of esters is 3. The molecule has 0 saturated carbocycles. The molecule has 0 bridgehead atoms. The molecule has 6 rings (SSSR count). The second kappa shape index (κ2) is 17.0. The number of hydrogen-bond donors (Lipinski definition) is 0. The Labute approximate surface area is 320 Å². The van der Waals surface area contributed by atoms with Gasteiger partial charge in [-0.3, -0.25) is 19.0 Å². The minimum Gasteiger partial charge on any atom is -0.459 e. The molecule has 14 nitrogen and oxygen atoms in total. The zero-order chi connectivity index (χ0) is 39.2. The minimum absolute atomic E-state index is 0.0277. The number of rotatable bonds is 11. The Balaban J connectivity index is 1.24. The summed E-state index contributed by atoms with van der Waals surface area (Å²) >= 11 is 11.9. The van der Waals surface area contributed by atoms with Gasteiger partial charge in [0.25, 0.3) is 11.5 Å². The van der Waals surface area contributed by atoms with E-state index in [1.165, 1.54) is 42.5 Å². The molecular weight excluding hydrogens is 764 g/mol. The fourth-order valence-electron chi connectivity index (χ4n) is 5.48. The van der Waals surface area contributed by atoms with Gasteiger partial charge in [0, 0.05) is 30.0 Å². The van der Waals surface area contributed by atoms with E-state index in [0.29, 0.717) is 11.2 Å². The second-order valence-corrected chi connectivity index (χ2v) is 12.8. The second-order valence-electron chi connectivity index (χ2n) is 11.9. The smallest absolute Gasteiger partial charge is 0.344 e. The molecule has 3 heterocycles. The Hall–Kier alpha value is -6.00. The van der Waals surface area contributed by atoms with Gasteiger partial charge in [-0.25, -0.2) is 19.4 Å². The summed E-state index contributed by atoms with van der Waals surface area (Å²) < 4.78 is 43.9. The Kier molecular flexibility index (Phi) is 12.0. The maximum atomic E-state index is 15.2. The SMILES string of the molecule is CC(=O)Oc1cc(OC(=O)c2cccc(C(=O)n3c(=O)c(F)cn([C@H]4C[C@H](OCc5ccccc5)[C@@H](COC(=O)c5ccc(Cl)cc5)O4)c3=O)c2)ncc1Cl. The number of carbonyl (C=O) groups excluding carboxylic acids is 4. The van der Waals surface area contributed by atoms with E-state index in [-0.39, 0.29) is 57.5 Å². The molecule has 0 N–H and O–H groups in total. The number of benzene rings is 3. The fourth-order valence-corrected chi connectivity index (χ4v) is 5.75. The Bertz CT molecular complexity index is 2390. The summed E-state index contributed by atoms with van der Waals surface area (Å²) in [4.78, 5) is 81.4. The van der Waals surface area contributed by atoms with Crippen LogP contribution in [0.2, 0.25) is 10.0 Å². The van der Waals surface area contributed by atoms with Crippen LogP contribution in [0.15, 0.2) is 107 Å². The largest absolute Gasteiger partial charge is 0.459 e. The normalized spacial score (nSPS) is 16.3. The van der Waals surface area contributed by atoms with Gasteiger partial charge in [-0.2, -0.15) is 8.96 Å². The quantitative estimate of drug-likeness (QED) is 0.156. The van der Waals surface area contributed by atoms with Crippen LogP contribution in [-0.4, -0.2) is 56.7 Å². The van der Waals surface area contributed by atoms with Crippen molar-refractivity contribution < 1.29 is 47.3 Å². The van der Waals surface area contributed by atoms with E-state index in [1.807, 2.05) is 30.3 Å². The van der Waals surface area contributed by atoms with E-state index in [2.05, 4.69) is 4.98 Å². The van der Waals surface area contributed by atoms with Gasteiger partial charge in [0.05, 0.1) is 36.2 Å². The molecule has 3 aromatic carbocycles. The van der Waals surface area contributed by atoms with Crippen LogP contribution in [0, 0.1) is 5.82 Å². The lowest BCUT2D eigenvalue weighted by molar-refractivity contribution is -0.131. The minimum atomic E-state index is -1.55. The van der Waals surface area contributed by atoms with Gasteiger partial charge in [-0.1, -0.05) is 59.6 Å². The molecule has 0 aliphatic carbocycles. The van der Waals surface area contributed by atoms with Crippen LogP contribution in [0.25, 0.3) is 0 Å². The summed E-state index contributed by atoms with van der Waals surface area (Å²) in [6, 6.07) is 21.0. The van der Waals surface area contributed by atoms with Crippen molar-refractivity contribution in [3.05, 3.63) is 156 Å². The summed E-state index contributed by atoms with van der Waals surface area (Å²) in [6.07, 6.45) is -1.39. The Morgan fingerprint density at radius 1 is 0.891 bits per heavy atom. The van der Waals surface area contributed by atoms with Crippen LogP contribution < -0.4 is 20.7 Å². The average Bonchev–Trinajstić information content (AvgIpc) is 3.58. The van der Waals surface area contributed by atoms with Crippen molar-refractivity contribution >= 4 is 47.0 Å². The highest BCUT2D eigenvalue weighted by Crippen LogP contribution is 2.31. The molecule has 1 saturated heterocycles. The maximum Gasteiger partial charge on any atom is 0.344 e. The summed E-state index contributed by atoms with van der Waals surface area (Å²) in [5.41, 5.74) is -2.33. The molecule has 282 valence electrons. The van der Waals surface area contributed by atoms with Crippen molar-refractivity contribution in [1.82, 2.24) is 14.1 Å². The third kappa shape index (κ3) is 9.21. The molecule has 5 aromatic rings. The lowest BCUT2D eigenvalue weighted by Gasteiger charge is -2.19. The molecule has 0 unspecified atom stereocenters. The molecule has 1 fully saturated rings. The number of hydrogen-bond acceptors (Lipinski definition) is 12. The van der Waals surface area contributed by atoms with E-state index in [1.54, 1.807) is 0 Å². The fraction of sp³-hybridized carbons (Fsp3) is 0.184. The zero-order valence-corrected chi connectivity index (χ0v) is 30.1. The van der Waals surface area contributed by atoms with Crippen molar-refractivity contribution in [3.63, 3.8) is 0 Å². The molecule has 55 heavy (non-hydrogen) atoms. The van der Waals surface area contributed by atoms with E-state index in [0.717, 1.165) is 35.4 Å². The van der Waals surface area contributed by atoms with Crippen molar-refractivity contribution in [2.24, 2.45) is 0 Å². The molecule has 2 aromatic heterocycles. The van der Waals surface area contributed by atoms with Gasteiger partial charge in [0.2, 0.25) is 11.7 Å². The number of halogens is 3. The first-order chi connectivity index (χ1) is 26.4. The molecule has 1 aliphatic rings. The Morgan fingerprint density at radius 2 is 1.62 bits per heavy atom. The predicted molar refractivity (Wildman–Crippen MR) is 192 cm³/mol. The third-order valence-corrected chi connectivity index (χ3v) is 8.66. The summed E-state index contributed by atoms with van der Waals surface area (Å²) in [5.74, 6) is -5.53. The van der Waals surface area contributed by atoms with E-state index >= 15 is 4.39 Å². The molecular formula is C38H28Cl2FN3O11. The molecule has 3 atom stereocenters. The van der Waals surface area contributed by atoms with Gasteiger partial charge in [-0.15, -0.1) is 0 Å². The van der Waals surface area contributed by atoms with Gasteiger partial charge in [0.1, 0.15) is 24.0 Å². The molecule has 0 spiro atoms. The first kappa shape index (κ1) is 38.7. The van der Waals surface area contributed by atoms with Crippen molar-refractivity contribution in [1.29, 1.82) is 0 Å². The number of nitrogens with zero attached hydrogens (tertiary/aromatic N) is 3. The van der Waals surface area contributed by atoms with Gasteiger partial charge < -0.3 is 23.7 Å². The molecule has 0 radical (unpaired) electrons. The summed E-state index contributed by atoms with van der Waals surface area (Å²) in [5, 5.41) is 0.393. The molecule has 17 heteroatoms. The third-order valence-electron chi connectivity index (χ3n) is 8.12. The zero-order valence-electron chi connectivity index (χ0n) is 28.6. The summed E-state index contributed by atoms with van der Waals surface area (Å²) in [7, 11) is 0. The highest BCUT2D eigenvalue weighted by atomic mass is 35.5. The van der Waals surface area contributed by atoms with Crippen molar-refractivity contribution in [2.75, 3.05) is 6.61 Å². The van der Waals surface area contributed by atoms with E-state index in [4.69, 9.17) is 46.9 Å². The molecule has 0 amide bonds. The van der Waals surface area contributed by atoms with Crippen LogP contribution in [0.3, 0.4) is 0 Å². The van der Waals surface area contributed by atoms with Crippen LogP contribution in [0.1, 0.15) is 56.2 Å². The summed E-state index contributed by atoms with van der Waals surface area (Å²) in [6.45, 7) is 0.931.